The van der Waals surface area contributed by atoms with Crippen LogP contribution in [0.2, 0.25) is 0 Å². The first-order valence-electron chi connectivity index (χ1n) is 8.60. The fourth-order valence-corrected chi connectivity index (χ4v) is 3.63. The van der Waals surface area contributed by atoms with E-state index >= 15 is 0 Å². The SMILES string of the molecule is COc1cc([N+](=O)[O-])ccc1S(=O)(=O)NCCOc1ccc(C(C)(C)C)cc1. The van der Waals surface area contributed by atoms with Gasteiger partial charge in [-0.05, 0) is 29.2 Å². The highest BCUT2D eigenvalue weighted by Crippen LogP contribution is 2.28. The lowest BCUT2D eigenvalue weighted by Gasteiger charge is -2.19. The van der Waals surface area contributed by atoms with Crippen LogP contribution in [0, 0.1) is 10.1 Å². The fourth-order valence-electron chi connectivity index (χ4n) is 2.47. The molecule has 0 atom stereocenters. The van der Waals surface area contributed by atoms with Gasteiger partial charge >= 0.3 is 0 Å². The third-order valence-electron chi connectivity index (χ3n) is 4.03. The van der Waals surface area contributed by atoms with Crippen LogP contribution in [0.25, 0.3) is 0 Å². The van der Waals surface area contributed by atoms with Gasteiger partial charge in [0, 0.05) is 12.6 Å². The standard InChI is InChI=1S/C19H24N2O6S/c1-19(2,3)14-5-8-16(9-6-14)27-12-11-20-28(24,25)18-10-7-15(21(22)23)13-17(18)26-4/h5-10,13,20H,11-12H2,1-4H3. The molecule has 0 spiro atoms. The Hall–Kier alpha value is -2.65. The molecular weight excluding hydrogens is 384 g/mol. The number of rotatable bonds is 8. The van der Waals surface area contributed by atoms with Crippen LogP contribution < -0.4 is 14.2 Å². The van der Waals surface area contributed by atoms with Gasteiger partial charge in [-0.1, -0.05) is 32.9 Å². The Kier molecular flexibility index (Phi) is 6.63. The lowest BCUT2D eigenvalue weighted by atomic mass is 9.87. The van der Waals surface area contributed by atoms with Gasteiger partial charge in [-0.15, -0.1) is 0 Å². The summed E-state index contributed by atoms with van der Waals surface area (Å²) in [5, 5.41) is 10.8. The zero-order valence-corrected chi connectivity index (χ0v) is 17.1. The number of hydrogen-bond donors (Lipinski definition) is 1. The highest BCUT2D eigenvalue weighted by molar-refractivity contribution is 7.89. The smallest absolute Gasteiger partial charge is 0.273 e. The van der Waals surface area contributed by atoms with Gasteiger partial charge in [0.1, 0.15) is 23.0 Å². The molecule has 8 nitrogen and oxygen atoms in total. The van der Waals surface area contributed by atoms with Crippen molar-refractivity contribution in [1.29, 1.82) is 0 Å². The number of methoxy groups -OCH3 is 1. The molecule has 2 aromatic rings. The summed E-state index contributed by atoms with van der Waals surface area (Å²) in [5.74, 6) is 0.542. The van der Waals surface area contributed by atoms with Crippen LogP contribution in [0.4, 0.5) is 5.69 Å². The Morgan fingerprint density at radius 2 is 1.75 bits per heavy atom. The lowest BCUT2D eigenvalue weighted by Crippen LogP contribution is -2.28. The quantitative estimate of drug-likeness (QED) is 0.408. The summed E-state index contributed by atoms with van der Waals surface area (Å²) < 4.78 is 37.8. The summed E-state index contributed by atoms with van der Waals surface area (Å²) in [7, 11) is -2.65. The van der Waals surface area contributed by atoms with Crippen LogP contribution >= 0.6 is 0 Å². The molecular formula is C19H24N2O6S. The number of nitrogens with one attached hydrogen (secondary N) is 1. The first kappa shape index (κ1) is 21.6. The molecule has 0 aliphatic carbocycles. The monoisotopic (exact) mass is 408 g/mol. The van der Waals surface area contributed by atoms with E-state index in [-0.39, 0.29) is 34.9 Å². The number of hydrogen-bond acceptors (Lipinski definition) is 6. The summed E-state index contributed by atoms with van der Waals surface area (Å²) in [6.07, 6.45) is 0. The van der Waals surface area contributed by atoms with Crippen molar-refractivity contribution in [2.24, 2.45) is 0 Å². The molecule has 0 saturated heterocycles. The van der Waals surface area contributed by atoms with Gasteiger partial charge in [0.2, 0.25) is 10.0 Å². The number of benzene rings is 2. The van der Waals surface area contributed by atoms with Gasteiger partial charge in [-0.3, -0.25) is 10.1 Å². The molecule has 2 rings (SSSR count). The maximum absolute atomic E-state index is 12.4. The Morgan fingerprint density at radius 3 is 2.29 bits per heavy atom. The van der Waals surface area contributed by atoms with Gasteiger partial charge in [-0.2, -0.15) is 0 Å². The molecule has 0 radical (unpaired) electrons. The highest BCUT2D eigenvalue weighted by atomic mass is 32.2. The average Bonchev–Trinajstić information content (AvgIpc) is 2.64. The molecule has 0 bridgehead atoms. The summed E-state index contributed by atoms with van der Waals surface area (Å²) in [5.41, 5.74) is 0.960. The molecule has 1 N–H and O–H groups in total. The molecule has 0 aromatic heterocycles. The first-order valence-corrected chi connectivity index (χ1v) is 10.1. The predicted octanol–water partition coefficient (Wildman–Crippen LogP) is 3.26. The summed E-state index contributed by atoms with van der Waals surface area (Å²) >= 11 is 0. The van der Waals surface area contributed by atoms with Crippen LogP contribution in [0.3, 0.4) is 0 Å². The lowest BCUT2D eigenvalue weighted by molar-refractivity contribution is -0.385. The number of non-ortho nitro benzene ring substituents is 1. The van der Waals surface area contributed by atoms with Crippen molar-refractivity contribution in [1.82, 2.24) is 4.72 Å². The molecule has 0 saturated carbocycles. The molecule has 0 amide bonds. The van der Waals surface area contributed by atoms with Crippen LogP contribution in [-0.2, 0) is 15.4 Å². The van der Waals surface area contributed by atoms with Gasteiger partial charge in [0.05, 0.1) is 18.1 Å². The molecule has 0 fully saturated rings. The molecule has 0 heterocycles. The summed E-state index contributed by atoms with van der Waals surface area (Å²) in [4.78, 5) is 10.0. The maximum Gasteiger partial charge on any atom is 0.273 e. The number of ether oxygens (including phenoxy) is 2. The minimum Gasteiger partial charge on any atom is -0.495 e. The van der Waals surface area contributed by atoms with Crippen molar-refractivity contribution < 1.29 is 22.8 Å². The van der Waals surface area contributed by atoms with Crippen molar-refractivity contribution in [3.63, 3.8) is 0 Å². The molecule has 0 unspecified atom stereocenters. The number of nitro benzene ring substituents is 1. The van der Waals surface area contributed by atoms with Crippen molar-refractivity contribution in [3.8, 4) is 11.5 Å². The average molecular weight is 408 g/mol. The number of sulfonamides is 1. The third kappa shape index (κ3) is 5.43. The van der Waals surface area contributed by atoms with E-state index in [1.54, 1.807) is 0 Å². The van der Waals surface area contributed by atoms with E-state index in [1.807, 2.05) is 24.3 Å². The van der Waals surface area contributed by atoms with E-state index in [9.17, 15) is 18.5 Å². The van der Waals surface area contributed by atoms with Gasteiger partial charge in [0.15, 0.2) is 0 Å². The van der Waals surface area contributed by atoms with Crippen LogP contribution in [0.15, 0.2) is 47.4 Å². The second kappa shape index (κ2) is 8.57. The zero-order chi connectivity index (χ0) is 20.9. The van der Waals surface area contributed by atoms with Crippen molar-refractivity contribution in [2.75, 3.05) is 20.3 Å². The molecule has 9 heteroatoms. The largest absolute Gasteiger partial charge is 0.495 e. The van der Waals surface area contributed by atoms with E-state index in [0.29, 0.717) is 5.75 Å². The van der Waals surface area contributed by atoms with Gasteiger partial charge in [-0.25, -0.2) is 13.1 Å². The highest BCUT2D eigenvalue weighted by Gasteiger charge is 2.22. The predicted molar refractivity (Wildman–Crippen MR) is 105 cm³/mol. The van der Waals surface area contributed by atoms with Crippen LogP contribution in [0.5, 0.6) is 11.5 Å². The van der Waals surface area contributed by atoms with Crippen LogP contribution in [0.1, 0.15) is 26.3 Å². The van der Waals surface area contributed by atoms with Crippen molar-refractivity contribution >= 4 is 15.7 Å². The normalized spacial score (nSPS) is 11.9. The summed E-state index contributed by atoms with van der Waals surface area (Å²) in [6, 6.07) is 11.0. The minimum atomic E-state index is -3.90. The van der Waals surface area contributed by atoms with E-state index < -0.39 is 14.9 Å². The van der Waals surface area contributed by atoms with Gasteiger partial charge in [0.25, 0.3) is 5.69 Å². The van der Waals surface area contributed by atoms with E-state index in [2.05, 4.69) is 25.5 Å². The van der Waals surface area contributed by atoms with Crippen molar-refractivity contribution in [3.05, 3.63) is 58.1 Å². The van der Waals surface area contributed by atoms with E-state index in [1.165, 1.54) is 12.7 Å². The Labute approximate surface area is 164 Å². The zero-order valence-electron chi connectivity index (χ0n) is 16.3. The Bertz CT molecular complexity index is 934. The third-order valence-corrected chi connectivity index (χ3v) is 5.53. The summed E-state index contributed by atoms with van der Waals surface area (Å²) in [6.45, 7) is 6.51. The van der Waals surface area contributed by atoms with Crippen LogP contribution in [-0.4, -0.2) is 33.6 Å². The van der Waals surface area contributed by atoms with Crippen molar-refractivity contribution in [2.45, 2.75) is 31.1 Å². The Balaban J connectivity index is 1.98. The van der Waals surface area contributed by atoms with E-state index in [0.717, 1.165) is 18.2 Å². The molecule has 152 valence electrons. The molecule has 2 aromatic carbocycles. The number of nitrogens with zero attached hydrogens (tertiary/aromatic N) is 1. The van der Waals surface area contributed by atoms with E-state index in [4.69, 9.17) is 9.47 Å². The second-order valence-corrected chi connectivity index (χ2v) is 8.85. The topological polar surface area (TPSA) is 108 Å². The first-order chi connectivity index (χ1) is 13.0. The molecule has 0 aliphatic rings. The minimum absolute atomic E-state index is 0.0312. The molecule has 28 heavy (non-hydrogen) atoms. The van der Waals surface area contributed by atoms with Gasteiger partial charge < -0.3 is 9.47 Å². The number of nitro groups is 1. The molecule has 0 aliphatic heterocycles. The second-order valence-electron chi connectivity index (χ2n) is 7.11. The fraction of sp³-hybridized carbons (Fsp3) is 0.368. The maximum atomic E-state index is 12.4. The Morgan fingerprint density at radius 1 is 1.11 bits per heavy atom.